The SMILES string of the molecule is COc1ccc2ccccc2c1C1NC(=S)NC(C)=C1C(=O)c1ccccc1. The van der Waals surface area contributed by atoms with E-state index in [1.165, 1.54) is 0 Å². The summed E-state index contributed by atoms with van der Waals surface area (Å²) in [6.07, 6.45) is 0. The van der Waals surface area contributed by atoms with Gasteiger partial charge < -0.3 is 15.4 Å². The van der Waals surface area contributed by atoms with Gasteiger partial charge in [0.05, 0.1) is 13.2 Å². The maximum atomic E-state index is 13.4. The molecule has 4 nitrogen and oxygen atoms in total. The Kier molecular flexibility index (Phi) is 4.84. The molecule has 1 aliphatic heterocycles. The summed E-state index contributed by atoms with van der Waals surface area (Å²) in [7, 11) is 1.64. The number of methoxy groups -OCH3 is 1. The number of ether oxygens (including phenoxy) is 1. The van der Waals surface area contributed by atoms with Crippen LogP contribution in [0.4, 0.5) is 0 Å². The number of hydrogen-bond donors (Lipinski definition) is 2. The molecule has 1 unspecified atom stereocenters. The summed E-state index contributed by atoms with van der Waals surface area (Å²) >= 11 is 5.41. The number of thiocarbonyl (C=S) groups is 1. The van der Waals surface area contributed by atoms with Crippen molar-refractivity contribution in [2.24, 2.45) is 0 Å². The highest BCUT2D eigenvalue weighted by Crippen LogP contribution is 2.39. The number of fused-ring (bicyclic) bond motifs is 1. The number of benzene rings is 3. The van der Waals surface area contributed by atoms with Gasteiger partial charge in [-0.25, -0.2) is 0 Å². The largest absolute Gasteiger partial charge is 0.496 e. The number of allylic oxidation sites excluding steroid dienone is 1. The highest BCUT2D eigenvalue weighted by molar-refractivity contribution is 7.80. The van der Waals surface area contributed by atoms with Gasteiger partial charge in [-0.15, -0.1) is 0 Å². The Balaban J connectivity index is 1.95. The van der Waals surface area contributed by atoms with E-state index >= 15 is 0 Å². The number of ketones is 1. The lowest BCUT2D eigenvalue weighted by atomic mass is 9.87. The van der Waals surface area contributed by atoms with Crippen molar-refractivity contribution in [1.82, 2.24) is 10.6 Å². The van der Waals surface area contributed by atoms with E-state index in [1.807, 2.05) is 73.7 Å². The van der Waals surface area contributed by atoms with Crippen molar-refractivity contribution in [3.8, 4) is 5.75 Å². The molecule has 0 fully saturated rings. The minimum Gasteiger partial charge on any atom is -0.496 e. The molecular formula is C23H20N2O2S. The zero-order chi connectivity index (χ0) is 19.7. The van der Waals surface area contributed by atoms with Crippen molar-refractivity contribution in [2.75, 3.05) is 7.11 Å². The summed E-state index contributed by atoms with van der Waals surface area (Å²) in [4.78, 5) is 13.4. The molecule has 1 heterocycles. The molecule has 28 heavy (non-hydrogen) atoms. The highest BCUT2D eigenvalue weighted by Gasteiger charge is 2.33. The fourth-order valence-electron chi connectivity index (χ4n) is 3.71. The van der Waals surface area contributed by atoms with Crippen LogP contribution in [0.25, 0.3) is 10.8 Å². The zero-order valence-corrected chi connectivity index (χ0v) is 16.5. The molecule has 0 saturated carbocycles. The molecule has 1 atom stereocenters. The molecule has 0 radical (unpaired) electrons. The van der Waals surface area contributed by atoms with Crippen LogP contribution in [0.1, 0.15) is 28.9 Å². The van der Waals surface area contributed by atoms with Gasteiger partial charge in [-0.2, -0.15) is 0 Å². The summed E-state index contributed by atoms with van der Waals surface area (Å²) in [5.41, 5.74) is 2.92. The van der Waals surface area contributed by atoms with Crippen LogP contribution < -0.4 is 15.4 Å². The second-order valence-corrected chi connectivity index (χ2v) is 7.08. The third kappa shape index (κ3) is 3.14. The first-order chi connectivity index (χ1) is 13.6. The Bertz CT molecular complexity index is 1110. The summed E-state index contributed by atoms with van der Waals surface area (Å²) in [5.74, 6) is 0.674. The second-order valence-electron chi connectivity index (χ2n) is 6.67. The second kappa shape index (κ2) is 7.44. The summed E-state index contributed by atoms with van der Waals surface area (Å²) in [6.45, 7) is 1.88. The van der Waals surface area contributed by atoms with E-state index in [1.54, 1.807) is 7.11 Å². The van der Waals surface area contributed by atoms with Gasteiger partial charge in [-0.1, -0.05) is 60.7 Å². The number of carbonyl (C=O) groups excluding carboxylic acids is 1. The van der Waals surface area contributed by atoms with Gasteiger partial charge in [0.25, 0.3) is 0 Å². The fraction of sp³-hybridized carbons (Fsp3) is 0.130. The number of Topliss-reactive ketones (excluding diaryl/α,β-unsaturated/α-hetero) is 1. The molecule has 0 bridgehead atoms. The Morgan fingerprint density at radius 3 is 2.46 bits per heavy atom. The molecule has 0 aliphatic carbocycles. The van der Waals surface area contributed by atoms with Gasteiger partial charge in [0.15, 0.2) is 10.9 Å². The van der Waals surface area contributed by atoms with Gasteiger partial charge in [0.1, 0.15) is 5.75 Å². The van der Waals surface area contributed by atoms with Crippen LogP contribution in [-0.4, -0.2) is 18.0 Å². The first kappa shape index (κ1) is 18.2. The Morgan fingerprint density at radius 2 is 1.71 bits per heavy atom. The first-order valence-electron chi connectivity index (χ1n) is 9.04. The van der Waals surface area contributed by atoms with Crippen LogP contribution in [0.5, 0.6) is 5.75 Å². The Labute approximate surface area is 169 Å². The summed E-state index contributed by atoms with van der Waals surface area (Å²) in [5, 5.41) is 8.98. The Hall–Kier alpha value is -3.18. The number of carbonyl (C=O) groups is 1. The maximum Gasteiger partial charge on any atom is 0.193 e. The normalized spacial score (nSPS) is 16.5. The van der Waals surface area contributed by atoms with E-state index in [4.69, 9.17) is 17.0 Å². The van der Waals surface area contributed by atoms with Crippen LogP contribution >= 0.6 is 12.2 Å². The fourth-order valence-corrected chi connectivity index (χ4v) is 3.98. The molecule has 1 aliphatic rings. The molecule has 3 aromatic carbocycles. The molecule has 0 amide bonds. The molecule has 0 aromatic heterocycles. The Morgan fingerprint density at radius 1 is 1.00 bits per heavy atom. The molecule has 4 rings (SSSR count). The number of hydrogen-bond acceptors (Lipinski definition) is 3. The first-order valence-corrected chi connectivity index (χ1v) is 9.44. The monoisotopic (exact) mass is 388 g/mol. The van der Waals surface area contributed by atoms with Crippen LogP contribution in [0, 0.1) is 0 Å². The molecule has 140 valence electrons. The summed E-state index contributed by atoms with van der Waals surface area (Å²) in [6, 6.07) is 20.9. The van der Waals surface area contributed by atoms with Crippen molar-refractivity contribution in [2.45, 2.75) is 13.0 Å². The topological polar surface area (TPSA) is 50.4 Å². The predicted octanol–water partition coefficient (Wildman–Crippen LogP) is 4.52. The predicted molar refractivity (Wildman–Crippen MR) is 116 cm³/mol. The third-order valence-electron chi connectivity index (χ3n) is 4.99. The van der Waals surface area contributed by atoms with Crippen LogP contribution in [0.2, 0.25) is 0 Å². The van der Waals surface area contributed by atoms with Crippen molar-refractivity contribution in [1.29, 1.82) is 0 Å². The van der Waals surface area contributed by atoms with Crippen molar-refractivity contribution in [3.63, 3.8) is 0 Å². The quantitative estimate of drug-likeness (QED) is 0.508. The van der Waals surface area contributed by atoms with E-state index in [0.29, 0.717) is 22.0 Å². The third-order valence-corrected chi connectivity index (χ3v) is 5.21. The lowest BCUT2D eigenvalue weighted by Gasteiger charge is -2.32. The van der Waals surface area contributed by atoms with E-state index in [-0.39, 0.29) is 5.78 Å². The molecule has 5 heteroatoms. The maximum absolute atomic E-state index is 13.4. The highest BCUT2D eigenvalue weighted by atomic mass is 32.1. The van der Waals surface area contributed by atoms with Gasteiger partial charge >= 0.3 is 0 Å². The van der Waals surface area contributed by atoms with Crippen LogP contribution in [0.15, 0.2) is 78.0 Å². The van der Waals surface area contributed by atoms with Gasteiger partial charge in [0.2, 0.25) is 0 Å². The standard InChI is InChI=1S/C23H20N2O2S/c1-14-19(22(26)16-9-4-3-5-10-16)21(25-23(28)24-14)20-17-11-7-6-8-15(17)12-13-18(20)27-2/h3-13,21H,1-2H3,(H2,24,25,28). The molecule has 2 N–H and O–H groups in total. The average Bonchev–Trinajstić information content (AvgIpc) is 2.72. The minimum atomic E-state index is -0.414. The molecule has 0 spiro atoms. The van der Waals surface area contributed by atoms with E-state index in [2.05, 4.69) is 10.6 Å². The van der Waals surface area contributed by atoms with Crippen LogP contribution in [0.3, 0.4) is 0 Å². The van der Waals surface area contributed by atoms with Crippen LogP contribution in [-0.2, 0) is 0 Å². The average molecular weight is 388 g/mol. The van der Waals surface area contributed by atoms with Gasteiger partial charge in [0, 0.05) is 22.4 Å². The van der Waals surface area contributed by atoms with Crippen molar-refractivity contribution < 1.29 is 9.53 Å². The molecule has 0 saturated heterocycles. The number of rotatable bonds is 4. The van der Waals surface area contributed by atoms with Gasteiger partial charge in [-0.05, 0) is 36.0 Å². The smallest absolute Gasteiger partial charge is 0.193 e. The van der Waals surface area contributed by atoms with E-state index in [0.717, 1.165) is 22.0 Å². The zero-order valence-electron chi connectivity index (χ0n) is 15.7. The number of nitrogens with one attached hydrogen (secondary N) is 2. The minimum absolute atomic E-state index is 0.0411. The van der Waals surface area contributed by atoms with E-state index < -0.39 is 6.04 Å². The summed E-state index contributed by atoms with van der Waals surface area (Å²) < 4.78 is 5.67. The molecular weight excluding hydrogens is 368 g/mol. The lowest BCUT2D eigenvalue weighted by Crippen LogP contribution is -2.45. The lowest BCUT2D eigenvalue weighted by molar-refractivity contribution is 0.102. The van der Waals surface area contributed by atoms with Gasteiger partial charge in [-0.3, -0.25) is 4.79 Å². The van der Waals surface area contributed by atoms with Crippen molar-refractivity contribution >= 4 is 33.9 Å². The van der Waals surface area contributed by atoms with E-state index in [9.17, 15) is 4.79 Å². The molecule has 3 aromatic rings. The van der Waals surface area contributed by atoms with Crippen molar-refractivity contribution in [3.05, 3.63) is 89.1 Å².